The fourth-order valence-corrected chi connectivity index (χ4v) is 3.13. The van der Waals surface area contributed by atoms with Gasteiger partial charge >= 0.3 is 0 Å². The minimum atomic E-state index is -0.157. The molecule has 1 heterocycles. The third-order valence-corrected chi connectivity index (χ3v) is 4.37. The van der Waals surface area contributed by atoms with Crippen LogP contribution in [0.5, 0.6) is 0 Å². The number of nitrogens with zero attached hydrogens (tertiary/aromatic N) is 1. The molecule has 0 spiro atoms. The maximum absolute atomic E-state index is 9.83. The van der Waals surface area contributed by atoms with Gasteiger partial charge in [-0.05, 0) is 57.1 Å². The molecule has 3 nitrogen and oxygen atoms in total. The van der Waals surface area contributed by atoms with Crippen molar-refractivity contribution in [2.45, 2.75) is 26.8 Å². The Morgan fingerprint density at radius 3 is 2.16 bits per heavy atom. The number of rotatable bonds is 4. The fraction of sp³-hybridized carbons (Fsp3) is 0.625. The number of hydrogen-bond acceptors (Lipinski definition) is 3. The molecule has 106 valence electrons. The van der Waals surface area contributed by atoms with E-state index in [-0.39, 0.29) is 18.1 Å². The van der Waals surface area contributed by atoms with Gasteiger partial charge in [0.1, 0.15) is 0 Å². The Bertz CT molecular complexity index is 459. The van der Waals surface area contributed by atoms with E-state index < -0.39 is 0 Å². The van der Waals surface area contributed by atoms with Crippen LogP contribution in [0, 0.1) is 26.2 Å². The highest BCUT2D eigenvalue weighted by Gasteiger charge is 2.47. The van der Waals surface area contributed by atoms with Crippen molar-refractivity contribution in [1.82, 2.24) is 4.90 Å². The van der Waals surface area contributed by atoms with Crippen molar-refractivity contribution in [2.75, 3.05) is 33.9 Å². The van der Waals surface area contributed by atoms with Crippen molar-refractivity contribution in [1.29, 1.82) is 0 Å². The van der Waals surface area contributed by atoms with Crippen molar-refractivity contribution in [3.8, 4) is 0 Å². The predicted molar refractivity (Wildman–Crippen MR) is 77.4 cm³/mol. The largest absolute Gasteiger partial charge is 0.396 e. The Kier molecular flexibility index (Phi) is 4.00. The molecule has 0 radical (unpaired) electrons. The first-order valence-corrected chi connectivity index (χ1v) is 6.84. The van der Waals surface area contributed by atoms with Crippen LogP contribution in [0.2, 0.25) is 0 Å². The van der Waals surface area contributed by atoms with Gasteiger partial charge in [0.05, 0.1) is 25.2 Å². The summed E-state index contributed by atoms with van der Waals surface area (Å²) in [5.74, 6) is 0. The summed E-state index contributed by atoms with van der Waals surface area (Å²) < 4.78 is 5.39. The molecule has 19 heavy (non-hydrogen) atoms. The highest BCUT2D eigenvalue weighted by atomic mass is 16.5. The third-order valence-electron chi connectivity index (χ3n) is 4.37. The van der Waals surface area contributed by atoms with Gasteiger partial charge in [-0.3, -0.25) is 0 Å². The van der Waals surface area contributed by atoms with E-state index in [9.17, 15) is 5.11 Å². The monoisotopic (exact) mass is 263 g/mol. The quantitative estimate of drug-likeness (QED) is 0.904. The van der Waals surface area contributed by atoms with Crippen LogP contribution in [0.25, 0.3) is 0 Å². The zero-order valence-electron chi connectivity index (χ0n) is 12.7. The molecule has 2 rings (SSSR count). The summed E-state index contributed by atoms with van der Waals surface area (Å²) >= 11 is 0. The summed E-state index contributed by atoms with van der Waals surface area (Å²) in [5.41, 5.74) is 5.07. The van der Waals surface area contributed by atoms with Crippen molar-refractivity contribution in [3.63, 3.8) is 0 Å². The standard InChI is InChI=1S/C16H25NO2/c1-11-6-13(3)14(7-12(11)2)15(17(4)5)16(8-18)9-19-10-16/h6-7,15,18H,8-10H2,1-5H3. The van der Waals surface area contributed by atoms with Crippen LogP contribution in [0.15, 0.2) is 12.1 Å². The molecule has 0 aliphatic carbocycles. The number of ether oxygens (including phenoxy) is 1. The smallest absolute Gasteiger partial charge is 0.0598 e. The number of aryl methyl sites for hydroxylation is 3. The van der Waals surface area contributed by atoms with E-state index >= 15 is 0 Å². The van der Waals surface area contributed by atoms with Gasteiger partial charge in [0.2, 0.25) is 0 Å². The third kappa shape index (κ3) is 2.42. The van der Waals surface area contributed by atoms with Gasteiger partial charge in [0.25, 0.3) is 0 Å². The number of benzene rings is 1. The van der Waals surface area contributed by atoms with Gasteiger partial charge in [-0.25, -0.2) is 0 Å². The Morgan fingerprint density at radius 1 is 1.16 bits per heavy atom. The first kappa shape index (κ1) is 14.5. The second-order valence-electron chi connectivity index (χ2n) is 6.17. The van der Waals surface area contributed by atoms with Gasteiger partial charge in [-0.2, -0.15) is 0 Å². The normalized spacial score (nSPS) is 19.3. The van der Waals surface area contributed by atoms with Gasteiger partial charge in [0, 0.05) is 6.04 Å². The Morgan fingerprint density at radius 2 is 1.74 bits per heavy atom. The lowest BCUT2D eigenvalue weighted by Gasteiger charge is -2.49. The lowest BCUT2D eigenvalue weighted by atomic mass is 9.73. The molecule has 3 heteroatoms. The second kappa shape index (κ2) is 5.23. The van der Waals surface area contributed by atoms with Gasteiger partial charge in [-0.1, -0.05) is 12.1 Å². The van der Waals surface area contributed by atoms with Crippen molar-refractivity contribution in [2.24, 2.45) is 5.41 Å². The molecule has 0 bridgehead atoms. The maximum Gasteiger partial charge on any atom is 0.0598 e. The van der Waals surface area contributed by atoms with E-state index in [1.54, 1.807) is 0 Å². The Hall–Kier alpha value is -0.900. The summed E-state index contributed by atoms with van der Waals surface area (Å²) in [4.78, 5) is 2.20. The molecule has 1 saturated heterocycles. The molecule has 0 amide bonds. The van der Waals surface area contributed by atoms with Crippen LogP contribution < -0.4 is 0 Å². The molecule has 1 aromatic carbocycles. The molecule has 1 fully saturated rings. The van der Waals surface area contributed by atoms with Crippen LogP contribution in [-0.2, 0) is 4.74 Å². The van der Waals surface area contributed by atoms with Gasteiger partial charge < -0.3 is 14.7 Å². The summed E-state index contributed by atoms with van der Waals surface area (Å²) in [6.07, 6.45) is 0. The fourth-order valence-electron chi connectivity index (χ4n) is 3.13. The number of hydrogen-bond donors (Lipinski definition) is 1. The van der Waals surface area contributed by atoms with Crippen molar-refractivity contribution >= 4 is 0 Å². The zero-order chi connectivity index (χ0) is 14.2. The first-order chi connectivity index (χ1) is 8.91. The van der Waals surface area contributed by atoms with E-state index in [1.165, 1.54) is 22.3 Å². The molecule has 0 aromatic heterocycles. The SMILES string of the molecule is Cc1cc(C)c(C(N(C)C)C2(CO)COC2)cc1C. The van der Waals surface area contributed by atoms with E-state index in [0.29, 0.717) is 13.2 Å². The molecule has 0 saturated carbocycles. The average molecular weight is 263 g/mol. The average Bonchev–Trinajstić information content (AvgIpc) is 2.28. The zero-order valence-corrected chi connectivity index (χ0v) is 12.7. The van der Waals surface area contributed by atoms with Crippen LogP contribution in [0.4, 0.5) is 0 Å². The van der Waals surface area contributed by atoms with Crippen LogP contribution in [0.3, 0.4) is 0 Å². The molecule has 1 N–H and O–H groups in total. The molecule has 1 aliphatic heterocycles. The summed E-state index contributed by atoms with van der Waals surface area (Å²) in [7, 11) is 4.16. The topological polar surface area (TPSA) is 32.7 Å². The molecule has 1 aromatic rings. The minimum Gasteiger partial charge on any atom is -0.396 e. The first-order valence-electron chi connectivity index (χ1n) is 6.84. The van der Waals surface area contributed by atoms with Gasteiger partial charge in [0.15, 0.2) is 0 Å². The Labute approximate surface area is 116 Å². The lowest BCUT2D eigenvalue weighted by molar-refractivity contribution is -0.172. The molecular weight excluding hydrogens is 238 g/mol. The number of aliphatic hydroxyl groups excluding tert-OH is 1. The summed E-state index contributed by atoms with van der Waals surface area (Å²) in [6.45, 7) is 7.89. The highest BCUT2D eigenvalue weighted by Crippen LogP contribution is 2.44. The maximum atomic E-state index is 9.83. The van der Waals surface area contributed by atoms with Crippen LogP contribution in [-0.4, -0.2) is 43.9 Å². The van der Waals surface area contributed by atoms with Crippen LogP contribution >= 0.6 is 0 Å². The summed E-state index contributed by atoms with van der Waals surface area (Å²) in [6, 6.07) is 4.71. The van der Waals surface area contributed by atoms with Crippen molar-refractivity contribution < 1.29 is 9.84 Å². The molecular formula is C16H25NO2. The van der Waals surface area contributed by atoms with E-state index in [0.717, 1.165) is 0 Å². The van der Waals surface area contributed by atoms with E-state index in [2.05, 4.69) is 51.9 Å². The van der Waals surface area contributed by atoms with E-state index in [1.807, 2.05) is 0 Å². The van der Waals surface area contributed by atoms with Crippen molar-refractivity contribution in [3.05, 3.63) is 34.4 Å². The highest BCUT2D eigenvalue weighted by molar-refractivity contribution is 5.39. The van der Waals surface area contributed by atoms with Gasteiger partial charge in [-0.15, -0.1) is 0 Å². The molecule has 1 aliphatic rings. The summed E-state index contributed by atoms with van der Waals surface area (Å²) in [5, 5.41) is 9.83. The minimum absolute atomic E-state index is 0.157. The van der Waals surface area contributed by atoms with E-state index in [4.69, 9.17) is 4.74 Å². The number of aliphatic hydroxyl groups is 1. The Balaban J connectivity index is 2.48. The predicted octanol–water partition coefficient (Wildman–Crippen LogP) is 2.22. The lowest BCUT2D eigenvalue weighted by Crippen LogP contribution is -2.54. The molecule has 1 unspecified atom stereocenters. The van der Waals surface area contributed by atoms with Crippen LogP contribution in [0.1, 0.15) is 28.3 Å². The molecule has 1 atom stereocenters. The second-order valence-corrected chi connectivity index (χ2v) is 6.17.